The summed E-state index contributed by atoms with van der Waals surface area (Å²) in [5.41, 5.74) is 6.68. The molecule has 1 aromatic carbocycles. The Kier molecular flexibility index (Phi) is 4.68. The van der Waals surface area contributed by atoms with E-state index in [9.17, 15) is 9.59 Å². The van der Waals surface area contributed by atoms with Crippen LogP contribution < -0.4 is 16.0 Å². The Balaban J connectivity index is 1.70. The average molecular weight is 330 g/mol. The fraction of sp³-hybridized carbons (Fsp3) is 0.312. The van der Waals surface area contributed by atoms with Crippen molar-refractivity contribution in [1.82, 2.24) is 10.3 Å². The number of thiazole rings is 1. The Morgan fingerprint density at radius 3 is 2.87 bits per heavy atom. The smallest absolute Gasteiger partial charge is 0.271 e. The molecule has 1 atom stereocenters. The van der Waals surface area contributed by atoms with Gasteiger partial charge in [0.05, 0.1) is 0 Å². The van der Waals surface area contributed by atoms with Crippen LogP contribution in [0.3, 0.4) is 0 Å². The van der Waals surface area contributed by atoms with Gasteiger partial charge in [-0.2, -0.15) is 0 Å². The molecule has 0 radical (unpaired) electrons. The summed E-state index contributed by atoms with van der Waals surface area (Å²) in [6.07, 6.45) is 1.48. The van der Waals surface area contributed by atoms with Crippen LogP contribution in [0.5, 0.6) is 0 Å². The van der Waals surface area contributed by atoms with E-state index in [-0.39, 0.29) is 11.8 Å². The fourth-order valence-electron chi connectivity index (χ4n) is 2.61. The Morgan fingerprint density at radius 1 is 1.39 bits per heavy atom. The van der Waals surface area contributed by atoms with Gasteiger partial charge in [-0.05, 0) is 25.0 Å². The van der Waals surface area contributed by atoms with Crippen molar-refractivity contribution in [2.24, 2.45) is 5.73 Å². The number of nitrogens with one attached hydrogen (secondary N) is 1. The number of rotatable bonds is 4. The first kappa shape index (κ1) is 15.6. The quantitative estimate of drug-likeness (QED) is 0.890. The SMILES string of the molecule is NCc1nc(C(=O)NC2CCCN(c3ccccc3)C2=O)cs1. The van der Waals surface area contributed by atoms with Gasteiger partial charge in [-0.15, -0.1) is 11.3 Å². The Bertz CT molecular complexity index is 701. The van der Waals surface area contributed by atoms with E-state index in [2.05, 4.69) is 10.3 Å². The first-order valence-corrected chi connectivity index (χ1v) is 8.39. The van der Waals surface area contributed by atoms with Crippen LogP contribution in [-0.4, -0.2) is 29.4 Å². The molecule has 1 aromatic heterocycles. The van der Waals surface area contributed by atoms with E-state index < -0.39 is 6.04 Å². The van der Waals surface area contributed by atoms with Gasteiger partial charge in [0.1, 0.15) is 16.7 Å². The number of carbonyl (C=O) groups is 2. The zero-order valence-electron chi connectivity index (χ0n) is 12.6. The molecule has 1 aliphatic heterocycles. The van der Waals surface area contributed by atoms with Gasteiger partial charge in [0.2, 0.25) is 5.91 Å². The molecule has 0 saturated carbocycles. The van der Waals surface area contributed by atoms with E-state index in [0.717, 1.165) is 12.1 Å². The molecule has 1 aliphatic rings. The van der Waals surface area contributed by atoms with Gasteiger partial charge in [0.15, 0.2) is 0 Å². The first-order chi connectivity index (χ1) is 11.2. The molecule has 0 aliphatic carbocycles. The summed E-state index contributed by atoms with van der Waals surface area (Å²) < 4.78 is 0. The van der Waals surface area contributed by atoms with Crippen LogP contribution >= 0.6 is 11.3 Å². The Morgan fingerprint density at radius 2 is 2.17 bits per heavy atom. The van der Waals surface area contributed by atoms with Crippen LogP contribution in [0.4, 0.5) is 5.69 Å². The number of carbonyl (C=O) groups excluding carboxylic acids is 2. The molecule has 0 bridgehead atoms. The molecule has 120 valence electrons. The molecule has 1 unspecified atom stereocenters. The summed E-state index contributed by atoms with van der Waals surface area (Å²) in [7, 11) is 0. The number of piperidine rings is 1. The molecule has 23 heavy (non-hydrogen) atoms. The maximum atomic E-state index is 12.6. The minimum Gasteiger partial charge on any atom is -0.339 e. The molecule has 1 fully saturated rings. The normalized spacial score (nSPS) is 18.0. The van der Waals surface area contributed by atoms with Crippen molar-refractivity contribution in [1.29, 1.82) is 0 Å². The number of nitrogens with two attached hydrogens (primary N) is 1. The van der Waals surface area contributed by atoms with Crippen LogP contribution in [0.2, 0.25) is 0 Å². The topological polar surface area (TPSA) is 88.3 Å². The summed E-state index contributed by atoms with van der Waals surface area (Å²) in [5, 5.41) is 5.17. The number of benzene rings is 1. The maximum absolute atomic E-state index is 12.6. The van der Waals surface area contributed by atoms with E-state index in [0.29, 0.717) is 30.2 Å². The van der Waals surface area contributed by atoms with Crippen molar-refractivity contribution in [3.63, 3.8) is 0 Å². The van der Waals surface area contributed by atoms with E-state index in [1.807, 2.05) is 30.3 Å². The van der Waals surface area contributed by atoms with Gasteiger partial charge >= 0.3 is 0 Å². The molecule has 2 amide bonds. The van der Waals surface area contributed by atoms with Crippen LogP contribution in [0.25, 0.3) is 0 Å². The van der Waals surface area contributed by atoms with Crippen molar-refractivity contribution < 1.29 is 9.59 Å². The highest BCUT2D eigenvalue weighted by Gasteiger charge is 2.31. The third kappa shape index (κ3) is 3.40. The molecular weight excluding hydrogens is 312 g/mol. The molecule has 3 N–H and O–H groups in total. The number of anilines is 1. The van der Waals surface area contributed by atoms with E-state index in [1.54, 1.807) is 10.3 Å². The van der Waals surface area contributed by atoms with Crippen LogP contribution in [0.1, 0.15) is 28.3 Å². The molecule has 7 heteroatoms. The number of aromatic nitrogens is 1. The number of nitrogens with zero attached hydrogens (tertiary/aromatic N) is 2. The highest BCUT2D eigenvalue weighted by molar-refractivity contribution is 7.09. The number of hydrogen-bond donors (Lipinski definition) is 2. The summed E-state index contributed by atoms with van der Waals surface area (Å²) >= 11 is 1.35. The standard InChI is InChI=1S/C16H18N4O2S/c17-9-14-18-13(10-23-14)15(21)19-12-7-4-8-20(16(12)22)11-5-2-1-3-6-11/h1-3,5-6,10,12H,4,7-9,17H2,(H,19,21). The lowest BCUT2D eigenvalue weighted by molar-refractivity contribution is -0.121. The van der Waals surface area contributed by atoms with Gasteiger partial charge in [-0.3, -0.25) is 9.59 Å². The van der Waals surface area contributed by atoms with Gasteiger partial charge in [-0.25, -0.2) is 4.98 Å². The van der Waals surface area contributed by atoms with Gasteiger partial charge in [0.25, 0.3) is 5.91 Å². The van der Waals surface area contributed by atoms with Crippen molar-refractivity contribution in [2.75, 3.05) is 11.4 Å². The number of hydrogen-bond acceptors (Lipinski definition) is 5. The van der Waals surface area contributed by atoms with Crippen molar-refractivity contribution in [2.45, 2.75) is 25.4 Å². The molecule has 0 spiro atoms. The molecule has 3 rings (SSSR count). The monoisotopic (exact) mass is 330 g/mol. The van der Waals surface area contributed by atoms with E-state index in [4.69, 9.17) is 5.73 Å². The minimum absolute atomic E-state index is 0.0786. The fourth-order valence-corrected chi connectivity index (χ4v) is 3.27. The Labute approximate surface area is 138 Å². The highest BCUT2D eigenvalue weighted by Crippen LogP contribution is 2.21. The second-order valence-corrected chi connectivity index (χ2v) is 6.27. The zero-order chi connectivity index (χ0) is 16.2. The van der Waals surface area contributed by atoms with Crippen LogP contribution in [0, 0.1) is 0 Å². The molecule has 1 saturated heterocycles. The minimum atomic E-state index is -0.514. The van der Waals surface area contributed by atoms with E-state index in [1.165, 1.54) is 11.3 Å². The first-order valence-electron chi connectivity index (χ1n) is 7.51. The third-order valence-electron chi connectivity index (χ3n) is 3.77. The van der Waals surface area contributed by atoms with Crippen molar-refractivity contribution in [3.8, 4) is 0 Å². The third-order valence-corrected chi connectivity index (χ3v) is 4.64. The van der Waals surface area contributed by atoms with Crippen molar-refractivity contribution >= 4 is 28.8 Å². The van der Waals surface area contributed by atoms with E-state index >= 15 is 0 Å². The summed E-state index contributed by atoms with van der Waals surface area (Å²) in [4.78, 5) is 30.8. The predicted molar refractivity (Wildman–Crippen MR) is 89.3 cm³/mol. The molecule has 6 nitrogen and oxygen atoms in total. The van der Waals surface area contributed by atoms with Crippen LogP contribution in [0.15, 0.2) is 35.7 Å². The Hall–Kier alpha value is -2.25. The second kappa shape index (κ2) is 6.89. The average Bonchev–Trinajstić information content (AvgIpc) is 3.07. The highest BCUT2D eigenvalue weighted by atomic mass is 32.1. The number of para-hydroxylation sites is 1. The predicted octanol–water partition coefficient (Wildman–Crippen LogP) is 1.53. The summed E-state index contributed by atoms with van der Waals surface area (Å²) in [6, 6.07) is 8.99. The maximum Gasteiger partial charge on any atom is 0.271 e. The summed E-state index contributed by atoms with van der Waals surface area (Å²) in [5.74, 6) is -0.403. The lowest BCUT2D eigenvalue weighted by atomic mass is 10.0. The number of amides is 2. The van der Waals surface area contributed by atoms with Crippen LogP contribution in [-0.2, 0) is 11.3 Å². The van der Waals surface area contributed by atoms with Gasteiger partial charge in [0, 0.05) is 24.2 Å². The van der Waals surface area contributed by atoms with Crippen molar-refractivity contribution in [3.05, 3.63) is 46.4 Å². The van der Waals surface area contributed by atoms with Gasteiger partial charge in [-0.1, -0.05) is 18.2 Å². The summed E-state index contributed by atoms with van der Waals surface area (Å²) in [6.45, 7) is 0.978. The molecular formula is C16H18N4O2S. The molecule has 2 aromatic rings. The molecule has 2 heterocycles. The lowest BCUT2D eigenvalue weighted by Crippen LogP contribution is -2.52. The lowest BCUT2D eigenvalue weighted by Gasteiger charge is -2.32. The zero-order valence-corrected chi connectivity index (χ0v) is 13.4. The van der Waals surface area contributed by atoms with Gasteiger partial charge < -0.3 is 16.0 Å². The second-order valence-electron chi connectivity index (χ2n) is 5.32. The largest absolute Gasteiger partial charge is 0.339 e.